The third kappa shape index (κ3) is 4.36. The Bertz CT molecular complexity index is 762. The molecule has 116 valence electrons. The lowest BCUT2D eigenvalue weighted by atomic mass is 10.3. The van der Waals surface area contributed by atoms with Crippen molar-refractivity contribution in [3.63, 3.8) is 0 Å². The number of thioether (sulfide) groups is 1. The largest absolute Gasteiger partial charge is 0.350 e. The van der Waals surface area contributed by atoms with E-state index in [-0.39, 0.29) is 11.7 Å². The van der Waals surface area contributed by atoms with Crippen LogP contribution < -0.4 is 5.32 Å². The normalized spacial score (nSPS) is 10.4. The van der Waals surface area contributed by atoms with E-state index in [1.165, 1.54) is 11.8 Å². The predicted molar refractivity (Wildman–Crippen MR) is 86.4 cm³/mol. The summed E-state index contributed by atoms with van der Waals surface area (Å²) in [6, 6.07) is 9.31. The van der Waals surface area contributed by atoms with E-state index in [0.29, 0.717) is 17.5 Å². The van der Waals surface area contributed by atoms with Gasteiger partial charge in [0.1, 0.15) is 0 Å². The maximum atomic E-state index is 11.8. The topological polar surface area (TPSA) is 96.5 Å². The number of H-pyrrole nitrogens is 1. The molecule has 3 aromatic rings. The molecule has 23 heavy (non-hydrogen) atoms. The van der Waals surface area contributed by atoms with E-state index < -0.39 is 0 Å². The van der Waals surface area contributed by atoms with Gasteiger partial charge in [-0.15, -0.1) is 5.10 Å². The van der Waals surface area contributed by atoms with Gasteiger partial charge in [-0.2, -0.15) is 0 Å². The van der Waals surface area contributed by atoms with E-state index in [2.05, 4.69) is 30.5 Å². The minimum Gasteiger partial charge on any atom is -0.350 e. The monoisotopic (exact) mass is 326 g/mol. The van der Waals surface area contributed by atoms with Crippen LogP contribution in [0.1, 0.15) is 5.69 Å². The van der Waals surface area contributed by atoms with Gasteiger partial charge in [-0.3, -0.25) is 19.9 Å². The van der Waals surface area contributed by atoms with Crippen molar-refractivity contribution in [3.05, 3.63) is 54.6 Å². The number of carbonyl (C=O) groups excluding carboxylic acids is 1. The Morgan fingerprint density at radius 2 is 2.17 bits per heavy atom. The van der Waals surface area contributed by atoms with Crippen molar-refractivity contribution in [1.29, 1.82) is 0 Å². The highest BCUT2D eigenvalue weighted by Gasteiger charge is 2.09. The van der Waals surface area contributed by atoms with Crippen molar-refractivity contribution in [2.45, 2.75) is 11.7 Å². The Labute approximate surface area is 137 Å². The zero-order valence-corrected chi connectivity index (χ0v) is 13.0. The number of aromatic nitrogens is 5. The van der Waals surface area contributed by atoms with Gasteiger partial charge in [-0.25, -0.2) is 4.98 Å². The molecule has 0 radical (unpaired) electrons. The summed E-state index contributed by atoms with van der Waals surface area (Å²) in [6.45, 7) is 0.412. The Kier molecular flexibility index (Phi) is 4.95. The van der Waals surface area contributed by atoms with E-state index >= 15 is 0 Å². The molecule has 0 aliphatic heterocycles. The molecule has 0 atom stereocenters. The van der Waals surface area contributed by atoms with Crippen LogP contribution in [0.2, 0.25) is 0 Å². The highest BCUT2D eigenvalue weighted by atomic mass is 32.2. The zero-order valence-electron chi connectivity index (χ0n) is 12.1. The Morgan fingerprint density at radius 3 is 2.96 bits per heavy atom. The zero-order chi connectivity index (χ0) is 15.9. The Morgan fingerprint density at radius 1 is 1.22 bits per heavy atom. The molecule has 8 heteroatoms. The summed E-state index contributed by atoms with van der Waals surface area (Å²) in [5, 5.41) is 10.3. The smallest absolute Gasteiger partial charge is 0.230 e. The van der Waals surface area contributed by atoms with Crippen molar-refractivity contribution in [2.24, 2.45) is 0 Å². The Hall–Kier alpha value is -2.74. The third-order valence-corrected chi connectivity index (χ3v) is 3.77. The quantitative estimate of drug-likeness (QED) is 0.669. The van der Waals surface area contributed by atoms with Gasteiger partial charge in [0.05, 0.1) is 18.0 Å². The molecule has 0 saturated carbocycles. The number of hydrogen-bond donors (Lipinski definition) is 2. The standard InChI is InChI=1S/C15H14N6OS/c22-13(18-9-12-5-1-2-7-17-12)10-23-15-19-14(20-21-15)11-4-3-6-16-8-11/h1-8H,9-10H2,(H,18,22)(H,19,20,21). The summed E-state index contributed by atoms with van der Waals surface area (Å²) in [7, 11) is 0. The number of carbonyl (C=O) groups is 1. The van der Waals surface area contributed by atoms with Crippen molar-refractivity contribution in [3.8, 4) is 11.4 Å². The molecule has 3 heterocycles. The molecular weight excluding hydrogens is 312 g/mol. The van der Waals surface area contributed by atoms with Crippen molar-refractivity contribution < 1.29 is 4.79 Å². The lowest BCUT2D eigenvalue weighted by molar-refractivity contribution is -0.118. The molecule has 3 aromatic heterocycles. The summed E-state index contributed by atoms with van der Waals surface area (Å²) < 4.78 is 0. The van der Waals surface area contributed by atoms with Gasteiger partial charge in [-0.1, -0.05) is 17.8 Å². The number of hydrogen-bond acceptors (Lipinski definition) is 6. The molecule has 0 spiro atoms. The maximum absolute atomic E-state index is 11.8. The number of aromatic amines is 1. The van der Waals surface area contributed by atoms with Crippen LogP contribution in [0.15, 0.2) is 54.1 Å². The minimum atomic E-state index is -0.0895. The molecule has 3 rings (SSSR count). The summed E-state index contributed by atoms with van der Waals surface area (Å²) in [4.78, 5) is 24.3. The van der Waals surface area contributed by atoms with Crippen LogP contribution in [0.25, 0.3) is 11.4 Å². The molecule has 7 nitrogen and oxygen atoms in total. The fraction of sp³-hybridized carbons (Fsp3) is 0.133. The van der Waals surface area contributed by atoms with Gasteiger partial charge < -0.3 is 5.32 Å². The van der Waals surface area contributed by atoms with Crippen LogP contribution >= 0.6 is 11.8 Å². The van der Waals surface area contributed by atoms with Gasteiger partial charge >= 0.3 is 0 Å². The second kappa shape index (κ2) is 7.50. The van der Waals surface area contributed by atoms with E-state index in [4.69, 9.17) is 0 Å². The Balaban J connectivity index is 1.49. The van der Waals surface area contributed by atoms with Crippen LogP contribution in [0, 0.1) is 0 Å². The first-order chi connectivity index (χ1) is 11.3. The molecule has 0 aromatic carbocycles. The fourth-order valence-electron chi connectivity index (χ4n) is 1.82. The molecule has 0 aliphatic rings. The van der Waals surface area contributed by atoms with Gasteiger partial charge in [0.25, 0.3) is 0 Å². The first kappa shape index (κ1) is 15.2. The number of nitrogens with one attached hydrogen (secondary N) is 2. The SMILES string of the molecule is O=C(CSc1n[nH]c(-c2cccnc2)n1)NCc1ccccn1. The second-order valence-electron chi connectivity index (χ2n) is 4.59. The summed E-state index contributed by atoms with van der Waals surface area (Å²) in [5.74, 6) is 0.792. The number of amides is 1. The molecule has 0 aliphatic carbocycles. The van der Waals surface area contributed by atoms with Gasteiger partial charge in [0.15, 0.2) is 5.82 Å². The molecule has 0 saturated heterocycles. The number of rotatable bonds is 6. The highest BCUT2D eigenvalue weighted by Crippen LogP contribution is 2.17. The van der Waals surface area contributed by atoms with E-state index in [1.807, 2.05) is 30.3 Å². The second-order valence-corrected chi connectivity index (χ2v) is 5.54. The van der Waals surface area contributed by atoms with E-state index in [9.17, 15) is 4.79 Å². The van der Waals surface area contributed by atoms with Gasteiger partial charge in [-0.05, 0) is 24.3 Å². The lowest BCUT2D eigenvalue weighted by Gasteiger charge is -2.03. The van der Waals surface area contributed by atoms with Gasteiger partial charge in [0.2, 0.25) is 11.1 Å². The van der Waals surface area contributed by atoms with Crippen LogP contribution in [-0.4, -0.2) is 36.8 Å². The number of pyridine rings is 2. The molecule has 0 unspecified atom stereocenters. The van der Waals surface area contributed by atoms with Crippen LogP contribution in [-0.2, 0) is 11.3 Å². The average Bonchev–Trinajstić information content (AvgIpc) is 3.09. The summed E-state index contributed by atoms with van der Waals surface area (Å²) in [5.41, 5.74) is 1.68. The predicted octanol–water partition coefficient (Wildman–Crippen LogP) is 1.67. The molecule has 2 N–H and O–H groups in total. The number of nitrogens with zero attached hydrogens (tertiary/aromatic N) is 4. The van der Waals surface area contributed by atoms with Crippen molar-refractivity contribution in [1.82, 2.24) is 30.5 Å². The average molecular weight is 326 g/mol. The summed E-state index contributed by atoms with van der Waals surface area (Å²) >= 11 is 1.27. The van der Waals surface area contributed by atoms with Crippen molar-refractivity contribution in [2.75, 3.05) is 5.75 Å². The molecule has 0 bridgehead atoms. The molecule has 0 fully saturated rings. The van der Waals surface area contributed by atoms with Crippen LogP contribution in [0.5, 0.6) is 0 Å². The van der Waals surface area contributed by atoms with E-state index in [1.54, 1.807) is 18.6 Å². The van der Waals surface area contributed by atoms with Crippen LogP contribution in [0.4, 0.5) is 0 Å². The minimum absolute atomic E-state index is 0.0895. The highest BCUT2D eigenvalue weighted by molar-refractivity contribution is 7.99. The van der Waals surface area contributed by atoms with Gasteiger partial charge in [0, 0.05) is 24.2 Å². The first-order valence-corrected chi connectivity index (χ1v) is 7.92. The van der Waals surface area contributed by atoms with Crippen LogP contribution in [0.3, 0.4) is 0 Å². The van der Waals surface area contributed by atoms with Crippen molar-refractivity contribution >= 4 is 17.7 Å². The fourth-order valence-corrected chi connectivity index (χ4v) is 2.44. The molecular formula is C15H14N6OS. The molecule has 1 amide bonds. The third-order valence-electron chi connectivity index (χ3n) is 2.93. The summed E-state index contributed by atoms with van der Waals surface area (Å²) in [6.07, 6.45) is 5.10. The first-order valence-electron chi connectivity index (χ1n) is 6.93. The lowest BCUT2D eigenvalue weighted by Crippen LogP contribution is -2.25. The van der Waals surface area contributed by atoms with E-state index in [0.717, 1.165) is 11.3 Å². The maximum Gasteiger partial charge on any atom is 0.230 e.